The fourth-order valence-corrected chi connectivity index (χ4v) is 2.60. The van der Waals surface area contributed by atoms with Crippen molar-refractivity contribution >= 4 is 11.5 Å². The zero-order valence-corrected chi connectivity index (χ0v) is 12.5. The van der Waals surface area contributed by atoms with Crippen LogP contribution in [0.3, 0.4) is 0 Å². The maximum Gasteiger partial charge on any atom is 0.146 e. The quantitative estimate of drug-likeness (QED) is 0.836. The lowest BCUT2D eigenvalue weighted by molar-refractivity contribution is 0.994. The van der Waals surface area contributed by atoms with Gasteiger partial charge in [-0.25, -0.2) is 9.97 Å². The van der Waals surface area contributed by atoms with Crippen molar-refractivity contribution in [1.29, 1.82) is 5.26 Å². The minimum absolute atomic E-state index is 0.391. The summed E-state index contributed by atoms with van der Waals surface area (Å²) >= 11 is 0. The lowest BCUT2D eigenvalue weighted by Crippen LogP contribution is -2.15. The maximum absolute atomic E-state index is 9.03. The summed E-state index contributed by atoms with van der Waals surface area (Å²) in [7, 11) is 1.97. The van der Waals surface area contributed by atoms with Gasteiger partial charge in [-0.1, -0.05) is 17.7 Å². The third-order valence-corrected chi connectivity index (χ3v) is 3.25. The summed E-state index contributed by atoms with van der Waals surface area (Å²) < 4.78 is 0. The number of nitrogens with zero attached hydrogens (tertiary/aromatic N) is 4. The van der Waals surface area contributed by atoms with E-state index in [1.54, 1.807) is 13.0 Å². The van der Waals surface area contributed by atoms with Crippen LogP contribution in [0.2, 0.25) is 0 Å². The fraction of sp³-hybridized carbons (Fsp3) is 0.312. The first-order chi connectivity index (χ1) is 9.42. The first-order valence-electron chi connectivity index (χ1n) is 6.49. The Bertz CT molecular complexity index is 675. The monoisotopic (exact) mass is 266 g/mol. The standard InChI is InChI=1S/C16H18N4/c1-10-6-11(2)16(12(3)7-10)20(5)15-8-14(9-17)18-13(4)19-15/h6-8H,1-5H3. The molecule has 2 rings (SSSR count). The van der Waals surface area contributed by atoms with Crippen molar-refractivity contribution in [1.82, 2.24) is 9.97 Å². The number of hydrogen-bond acceptors (Lipinski definition) is 4. The highest BCUT2D eigenvalue weighted by Crippen LogP contribution is 2.30. The molecule has 0 saturated heterocycles. The normalized spacial score (nSPS) is 10.2. The van der Waals surface area contributed by atoms with Crippen molar-refractivity contribution in [2.45, 2.75) is 27.7 Å². The van der Waals surface area contributed by atoms with Crippen LogP contribution < -0.4 is 4.90 Å². The lowest BCUT2D eigenvalue weighted by Gasteiger charge is -2.23. The van der Waals surface area contributed by atoms with Gasteiger partial charge >= 0.3 is 0 Å². The minimum atomic E-state index is 0.391. The molecular formula is C16H18N4. The van der Waals surface area contributed by atoms with Gasteiger partial charge in [0.2, 0.25) is 0 Å². The number of nitriles is 1. The van der Waals surface area contributed by atoms with Crippen LogP contribution in [0.1, 0.15) is 28.2 Å². The van der Waals surface area contributed by atoms with Crippen LogP contribution in [-0.4, -0.2) is 17.0 Å². The molecule has 0 saturated carbocycles. The molecule has 0 radical (unpaired) electrons. The molecule has 0 unspecified atom stereocenters. The molecule has 0 aliphatic rings. The molecule has 1 heterocycles. The number of rotatable bonds is 2. The minimum Gasteiger partial charge on any atom is -0.329 e. The first-order valence-corrected chi connectivity index (χ1v) is 6.49. The van der Waals surface area contributed by atoms with Crippen LogP contribution in [-0.2, 0) is 0 Å². The van der Waals surface area contributed by atoms with Crippen LogP contribution in [0.15, 0.2) is 18.2 Å². The predicted molar refractivity (Wildman–Crippen MR) is 80.2 cm³/mol. The summed E-state index contributed by atoms with van der Waals surface area (Å²) in [5, 5.41) is 9.03. The van der Waals surface area contributed by atoms with Crippen LogP contribution in [0.4, 0.5) is 11.5 Å². The molecule has 102 valence electrons. The van der Waals surface area contributed by atoms with Crippen molar-refractivity contribution in [2.75, 3.05) is 11.9 Å². The van der Waals surface area contributed by atoms with Crippen LogP contribution in [0.25, 0.3) is 0 Å². The summed E-state index contributed by atoms with van der Waals surface area (Å²) in [6.07, 6.45) is 0. The molecule has 20 heavy (non-hydrogen) atoms. The second-order valence-corrected chi connectivity index (χ2v) is 5.08. The topological polar surface area (TPSA) is 52.8 Å². The van der Waals surface area contributed by atoms with E-state index < -0.39 is 0 Å². The van der Waals surface area contributed by atoms with E-state index >= 15 is 0 Å². The number of aromatic nitrogens is 2. The molecule has 0 amide bonds. The zero-order chi connectivity index (χ0) is 14.9. The smallest absolute Gasteiger partial charge is 0.146 e. The third kappa shape index (κ3) is 2.62. The molecule has 0 atom stereocenters. The van der Waals surface area contributed by atoms with Gasteiger partial charge in [-0.05, 0) is 38.8 Å². The SMILES string of the molecule is Cc1cc(C)c(N(C)c2cc(C#N)nc(C)n2)c(C)c1. The molecule has 0 N–H and O–H groups in total. The highest BCUT2D eigenvalue weighted by Gasteiger charge is 2.13. The van der Waals surface area contributed by atoms with Gasteiger partial charge in [0.25, 0.3) is 0 Å². The molecule has 2 aromatic rings. The molecular weight excluding hydrogens is 248 g/mol. The molecule has 1 aromatic carbocycles. The molecule has 0 aliphatic heterocycles. The second-order valence-electron chi connectivity index (χ2n) is 5.08. The van der Waals surface area contributed by atoms with Crippen molar-refractivity contribution in [3.63, 3.8) is 0 Å². The van der Waals surface area contributed by atoms with Crippen LogP contribution in [0, 0.1) is 39.0 Å². The first kappa shape index (κ1) is 14.0. The Labute approximate surface area is 119 Å². The Morgan fingerprint density at radius 3 is 2.15 bits per heavy atom. The Kier molecular flexibility index (Phi) is 3.71. The average molecular weight is 266 g/mol. The average Bonchev–Trinajstić information content (AvgIpc) is 2.36. The van der Waals surface area contributed by atoms with Gasteiger partial charge in [0.05, 0.1) is 0 Å². The fourth-order valence-electron chi connectivity index (χ4n) is 2.60. The zero-order valence-electron chi connectivity index (χ0n) is 12.5. The Hall–Kier alpha value is -2.41. The summed E-state index contributed by atoms with van der Waals surface area (Å²) in [5.74, 6) is 1.34. The van der Waals surface area contributed by atoms with Crippen molar-refractivity contribution in [2.24, 2.45) is 0 Å². The third-order valence-electron chi connectivity index (χ3n) is 3.25. The van der Waals surface area contributed by atoms with E-state index in [0.29, 0.717) is 11.5 Å². The predicted octanol–water partition coefficient (Wildman–Crippen LogP) is 3.35. The molecule has 4 nitrogen and oxygen atoms in total. The molecule has 4 heteroatoms. The summed E-state index contributed by atoms with van der Waals surface area (Å²) in [6.45, 7) is 8.07. The van der Waals surface area contributed by atoms with Crippen LogP contribution in [0.5, 0.6) is 0 Å². The van der Waals surface area contributed by atoms with Crippen molar-refractivity contribution in [3.8, 4) is 6.07 Å². The van der Waals surface area contributed by atoms with E-state index in [1.807, 2.05) is 11.9 Å². The second kappa shape index (κ2) is 5.30. The highest BCUT2D eigenvalue weighted by atomic mass is 15.2. The van der Waals surface area contributed by atoms with Gasteiger partial charge < -0.3 is 4.90 Å². The number of hydrogen-bond donors (Lipinski definition) is 0. The molecule has 0 aliphatic carbocycles. The van der Waals surface area contributed by atoms with Crippen molar-refractivity contribution in [3.05, 3.63) is 46.4 Å². The van der Waals surface area contributed by atoms with E-state index in [9.17, 15) is 0 Å². The maximum atomic E-state index is 9.03. The van der Waals surface area contributed by atoms with E-state index in [1.165, 1.54) is 16.7 Å². The summed E-state index contributed by atoms with van der Waals surface area (Å²) in [5.41, 5.74) is 5.15. The summed E-state index contributed by atoms with van der Waals surface area (Å²) in [6, 6.07) is 8.09. The van der Waals surface area contributed by atoms with Crippen molar-refractivity contribution < 1.29 is 0 Å². The number of anilines is 2. The Morgan fingerprint density at radius 2 is 1.60 bits per heavy atom. The lowest BCUT2D eigenvalue weighted by atomic mass is 10.0. The van der Waals surface area contributed by atoms with Crippen LogP contribution >= 0.6 is 0 Å². The Balaban J connectivity index is 2.55. The Morgan fingerprint density at radius 1 is 1.00 bits per heavy atom. The van der Waals surface area contributed by atoms with E-state index in [2.05, 4.69) is 48.9 Å². The molecule has 1 aromatic heterocycles. The molecule has 0 spiro atoms. The van der Waals surface area contributed by atoms with Gasteiger partial charge in [0, 0.05) is 18.8 Å². The van der Waals surface area contributed by atoms with Gasteiger partial charge in [0.15, 0.2) is 0 Å². The van der Waals surface area contributed by atoms with Gasteiger partial charge in [-0.3, -0.25) is 0 Å². The van der Waals surface area contributed by atoms with E-state index in [4.69, 9.17) is 5.26 Å². The van der Waals surface area contributed by atoms with E-state index in [0.717, 1.165) is 11.5 Å². The largest absolute Gasteiger partial charge is 0.329 e. The summed E-state index contributed by atoms with van der Waals surface area (Å²) in [4.78, 5) is 10.5. The number of aryl methyl sites for hydroxylation is 4. The highest BCUT2D eigenvalue weighted by molar-refractivity contribution is 5.67. The molecule has 0 fully saturated rings. The van der Waals surface area contributed by atoms with Gasteiger partial charge in [0.1, 0.15) is 23.4 Å². The van der Waals surface area contributed by atoms with Gasteiger partial charge in [-0.15, -0.1) is 0 Å². The van der Waals surface area contributed by atoms with Gasteiger partial charge in [-0.2, -0.15) is 5.26 Å². The number of benzene rings is 1. The molecule has 0 bridgehead atoms. The van der Waals surface area contributed by atoms with E-state index in [-0.39, 0.29) is 0 Å².